The van der Waals surface area contributed by atoms with Crippen molar-refractivity contribution < 1.29 is 28.1 Å². The molecule has 1 saturated carbocycles. The van der Waals surface area contributed by atoms with Gasteiger partial charge in [-0.3, -0.25) is 9.48 Å². The number of amides is 1. The number of carbonyl (C=O) groups excluding carboxylic acids is 1. The monoisotopic (exact) mass is 660 g/mol. The highest BCUT2D eigenvalue weighted by Crippen LogP contribution is 2.45. The van der Waals surface area contributed by atoms with Crippen LogP contribution in [0.2, 0.25) is 0 Å². The van der Waals surface area contributed by atoms with Crippen molar-refractivity contribution in [3.8, 4) is 28.7 Å². The second-order valence-electron chi connectivity index (χ2n) is 12.5. The highest BCUT2D eigenvalue weighted by atomic mass is 19.1. The number of rotatable bonds is 9. The van der Waals surface area contributed by atoms with Crippen molar-refractivity contribution in [1.29, 1.82) is 5.26 Å². The minimum Gasteiger partial charge on any atom is -0.497 e. The summed E-state index contributed by atoms with van der Waals surface area (Å²) in [4.78, 5) is 12.8. The molecule has 1 saturated heterocycles. The second-order valence-corrected chi connectivity index (χ2v) is 12.5. The van der Waals surface area contributed by atoms with E-state index in [2.05, 4.69) is 23.6 Å². The Labute approximate surface area is 284 Å². The van der Waals surface area contributed by atoms with Crippen LogP contribution in [0.3, 0.4) is 0 Å². The summed E-state index contributed by atoms with van der Waals surface area (Å²) in [6.07, 6.45) is 5.50. The molecule has 2 fully saturated rings. The number of halogens is 1. The number of benzene rings is 4. The molecule has 1 amide bonds. The van der Waals surface area contributed by atoms with Crippen molar-refractivity contribution in [2.24, 2.45) is 0 Å². The van der Waals surface area contributed by atoms with Crippen molar-refractivity contribution in [1.82, 2.24) is 15.1 Å². The predicted molar refractivity (Wildman–Crippen MR) is 182 cm³/mol. The van der Waals surface area contributed by atoms with E-state index >= 15 is 0 Å². The number of carbonyl (C=O) groups is 1. The van der Waals surface area contributed by atoms with Crippen molar-refractivity contribution in [3.63, 3.8) is 0 Å². The van der Waals surface area contributed by atoms with E-state index in [-0.39, 0.29) is 18.0 Å². The molecule has 0 unspecified atom stereocenters. The number of hydrogen-bond donors (Lipinski definition) is 1. The Morgan fingerprint density at radius 1 is 1.00 bits per heavy atom. The van der Waals surface area contributed by atoms with E-state index in [4.69, 9.17) is 24.0 Å². The number of methoxy groups -OCH3 is 2. The maximum absolute atomic E-state index is 13.8. The Balaban J connectivity index is 1.19. The first-order valence-corrected chi connectivity index (χ1v) is 16.4. The molecular formula is C39H37FN4O5. The number of ether oxygens (including phenoxy) is 4. The lowest BCUT2D eigenvalue weighted by Gasteiger charge is -2.35. The summed E-state index contributed by atoms with van der Waals surface area (Å²) in [6.45, 7) is 2.05. The Morgan fingerprint density at radius 2 is 1.71 bits per heavy atom. The molecule has 0 bridgehead atoms. The van der Waals surface area contributed by atoms with Crippen LogP contribution >= 0.6 is 0 Å². The minimum atomic E-state index is -0.515. The van der Waals surface area contributed by atoms with Gasteiger partial charge < -0.3 is 24.3 Å². The van der Waals surface area contributed by atoms with Crippen LogP contribution in [0.1, 0.15) is 64.2 Å². The summed E-state index contributed by atoms with van der Waals surface area (Å²) in [6, 6.07) is 24.1. The van der Waals surface area contributed by atoms with Crippen LogP contribution in [-0.4, -0.2) is 48.9 Å². The standard InChI is InChI=1S/C39H37FN4O5/c1-46-30-10-5-26(6-11-30)23-44-24-35-32(28-13-15-39(16-14-28)48-17-18-49-39)20-31(34(21-41)37(35)43-44)27-7-3-25(4-8-27)22-42-38(45)33-19-29(40)9-12-36(33)47-2/h3-12,19-20,24,28H,13-18,22-23H2,1-2H3,(H,42,45). The van der Waals surface area contributed by atoms with E-state index in [0.29, 0.717) is 36.6 Å². The van der Waals surface area contributed by atoms with Crippen molar-refractivity contribution >= 4 is 16.8 Å². The zero-order valence-corrected chi connectivity index (χ0v) is 27.5. The molecule has 9 nitrogen and oxygen atoms in total. The second kappa shape index (κ2) is 13.7. The lowest BCUT2D eigenvalue weighted by Crippen LogP contribution is -2.34. The molecule has 1 aliphatic carbocycles. The third kappa shape index (κ3) is 6.60. The smallest absolute Gasteiger partial charge is 0.255 e. The number of fused-ring (bicyclic) bond motifs is 1. The summed E-state index contributed by atoms with van der Waals surface area (Å²) in [7, 11) is 3.09. The van der Waals surface area contributed by atoms with Crippen molar-refractivity contribution in [2.45, 2.75) is 50.5 Å². The summed E-state index contributed by atoms with van der Waals surface area (Å²) >= 11 is 0. The molecule has 1 aromatic heterocycles. The first-order valence-electron chi connectivity index (χ1n) is 16.4. The highest BCUT2D eigenvalue weighted by molar-refractivity contribution is 5.97. The maximum atomic E-state index is 13.8. The van der Waals surface area contributed by atoms with Gasteiger partial charge in [0.05, 0.1) is 45.1 Å². The fraction of sp³-hybridized carbons (Fsp3) is 0.308. The van der Waals surface area contributed by atoms with E-state index in [9.17, 15) is 14.4 Å². The fourth-order valence-electron chi connectivity index (χ4n) is 7.02. The van der Waals surface area contributed by atoms with Gasteiger partial charge in [0.25, 0.3) is 5.91 Å². The van der Waals surface area contributed by atoms with Gasteiger partial charge in [0.15, 0.2) is 5.79 Å². The molecule has 1 spiro atoms. The predicted octanol–water partition coefficient (Wildman–Crippen LogP) is 7.11. The van der Waals surface area contributed by atoms with Gasteiger partial charge in [-0.25, -0.2) is 4.39 Å². The molecule has 2 heterocycles. The Morgan fingerprint density at radius 3 is 2.39 bits per heavy atom. The van der Waals surface area contributed by atoms with Gasteiger partial charge in [-0.1, -0.05) is 36.4 Å². The maximum Gasteiger partial charge on any atom is 0.255 e. The Kier molecular flexibility index (Phi) is 9.04. The third-order valence-corrected chi connectivity index (χ3v) is 9.62. The van der Waals surface area contributed by atoms with E-state index in [1.165, 1.54) is 24.8 Å². The number of nitrogens with one attached hydrogen (secondary N) is 1. The summed E-state index contributed by atoms with van der Waals surface area (Å²) in [5.41, 5.74) is 6.10. The zero-order chi connectivity index (χ0) is 34.0. The van der Waals surface area contributed by atoms with Crippen LogP contribution < -0.4 is 14.8 Å². The fourth-order valence-corrected chi connectivity index (χ4v) is 7.02. The van der Waals surface area contributed by atoms with E-state index < -0.39 is 17.5 Å². The first-order chi connectivity index (χ1) is 23.9. The SMILES string of the molecule is COc1ccc(Cn2cc3c(C4CCC5(CC4)OCCO5)cc(-c4ccc(CNC(=O)c5cc(F)ccc5OC)cc4)c(C#N)c3n2)cc1. The number of nitriles is 1. The van der Waals surface area contributed by atoms with Crippen LogP contribution in [0.5, 0.6) is 11.5 Å². The normalized spacial score (nSPS) is 15.7. The number of hydrogen-bond acceptors (Lipinski definition) is 7. The van der Waals surface area contributed by atoms with Crippen LogP contribution in [0.4, 0.5) is 4.39 Å². The minimum absolute atomic E-state index is 0.129. The first kappa shape index (κ1) is 32.3. The number of nitrogens with zero attached hydrogens (tertiary/aromatic N) is 3. The summed E-state index contributed by atoms with van der Waals surface area (Å²) in [5, 5.41) is 19.3. The topological polar surface area (TPSA) is 108 Å². The Hall–Kier alpha value is -5.24. The van der Waals surface area contributed by atoms with E-state index in [0.717, 1.165) is 65.1 Å². The third-order valence-electron chi connectivity index (χ3n) is 9.62. The van der Waals surface area contributed by atoms with Crippen LogP contribution in [0.15, 0.2) is 79.0 Å². The lowest BCUT2D eigenvalue weighted by atomic mass is 9.78. The zero-order valence-electron chi connectivity index (χ0n) is 27.5. The quantitative estimate of drug-likeness (QED) is 0.180. The van der Waals surface area contributed by atoms with Gasteiger partial charge in [-0.15, -0.1) is 0 Å². The summed E-state index contributed by atoms with van der Waals surface area (Å²) < 4.78 is 38.3. The van der Waals surface area contributed by atoms with Gasteiger partial charge >= 0.3 is 0 Å². The molecule has 4 aromatic carbocycles. The lowest BCUT2D eigenvalue weighted by molar-refractivity contribution is -0.178. The van der Waals surface area contributed by atoms with Gasteiger partial charge in [0, 0.05) is 36.5 Å². The molecule has 250 valence electrons. The van der Waals surface area contributed by atoms with E-state index in [1.807, 2.05) is 53.2 Å². The molecule has 0 atom stereocenters. The highest BCUT2D eigenvalue weighted by Gasteiger charge is 2.41. The van der Waals surface area contributed by atoms with Crippen LogP contribution in [-0.2, 0) is 22.6 Å². The van der Waals surface area contributed by atoms with Crippen LogP contribution in [0, 0.1) is 17.1 Å². The molecule has 0 radical (unpaired) electrons. The van der Waals surface area contributed by atoms with Gasteiger partial charge in [0.2, 0.25) is 0 Å². The molecule has 10 heteroatoms. The van der Waals surface area contributed by atoms with Gasteiger partial charge in [-0.2, -0.15) is 10.4 Å². The van der Waals surface area contributed by atoms with Crippen LogP contribution in [0.25, 0.3) is 22.0 Å². The van der Waals surface area contributed by atoms with Gasteiger partial charge in [0.1, 0.15) is 28.9 Å². The Bertz CT molecular complexity index is 2020. The number of aromatic nitrogens is 2. The molecule has 1 N–H and O–H groups in total. The molecule has 7 rings (SSSR count). The average molecular weight is 661 g/mol. The molecule has 2 aliphatic rings. The van der Waals surface area contributed by atoms with Crippen molar-refractivity contribution in [3.05, 3.63) is 113 Å². The molecular weight excluding hydrogens is 623 g/mol. The molecule has 49 heavy (non-hydrogen) atoms. The van der Waals surface area contributed by atoms with Gasteiger partial charge in [-0.05, 0) is 77.4 Å². The van der Waals surface area contributed by atoms with E-state index in [1.54, 1.807) is 7.11 Å². The molecule has 5 aromatic rings. The average Bonchev–Trinajstić information content (AvgIpc) is 3.78. The largest absolute Gasteiger partial charge is 0.497 e. The van der Waals surface area contributed by atoms with Crippen molar-refractivity contribution in [2.75, 3.05) is 27.4 Å². The summed E-state index contributed by atoms with van der Waals surface area (Å²) in [5.74, 6) is -0.0887. The molecule has 1 aliphatic heterocycles.